The van der Waals surface area contributed by atoms with Crippen molar-refractivity contribution in [2.24, 2.45) is 5.92 Å². The largest absolute Gasteiger partial charge is 0.478 e. The van der Waals surface area contributed by atoms with Crippen molar-refractivity contribution in [1.29, 1.82) is 0 Å². The van der Waals surface area contributed by atoms with Crippen molar-refractivity contribution in [3.63, 3.8) is 0 Å². The molecule has 1 aromatic carbocycles. The van der Waals surface area contributed by atoms with Crippen LogP contribution in [0.3, 0.4) is 0 Å². The first kappa shape index (κ1) is 11.2. The number of aromatic nitrogens is 2. The third-order valence-corrected chi connectivity index (χ3v) is 3.53. The van der Waals surface area contributed by atoms with Crippen LogP contribution in [0.5, 0.6) is 0 Å². The van der Waals surface area contributed by atoms with E-state index < -0.39 is 5.97 Å². The molecule has 0 unspecified atom stereocenters. The van der Waals surface area contributed by atoms with Crippen LogP contribution in [-0.2, 0) is 6.54 Å². The molecule has 1 heterocycles. The summed E-state index contributed by atoms with van der Waals surface area (Å²) in [6.07, 6.45) is 3.06. The van der Waals surface area contributed by atoms with Crippen molar-refractivity contribution in [1.82, 2.24) is 9.55 Å². The van der Waals surface area contributed by atoms with Gasteiger partial charge in [0.05, 0.1) is 29.0 Å². The van der Waals surface area contributed by atoms with Crippen LogP contribution in [0.25, 0.3) is 11.0 Å². The fourth-order valence-corrected chi connectivity index (χ4v) is 2.57. The molecule has 1 aliphatic carbocycles. The molecule has 1 fully saturated rings. The number of para-hydroxylation sites is 1. The number of aliphatic hydroxyl groups excluding tert-OH is 1. The first-order valence-electron chi connectivity index (χ1n) is 6.00. The van der Waals surface area contributed by atoms with Crippen LogP contribution in [0.15, 0.2) is 24.5 Å². The fraction of sp³-hybridized carbons (Fsp3) is 0.385. The molecule has 1 aromatic heterocycles. The quantitative estimate of drug-likeness (QED) is 0.860. The number of hydrogen-bond acceptors (Lipinski definition) is 3. The molecule has 1 aliphatic rings. The highest BCUT2D eigenvalue weighted by molar-refractivity contribution is 6.01. The molecule has 0 radical (unpaired) electrons. The number of aliphatic hydroxyl groups is 1. The summed E-state index contributed by atoms with van der Waals surface area (Å²) in [5.41, 5.74) is 1.66. The number of carboxylic acid groups (broad SMARTS) is 1. The lowest BCUT2D eigenvalue weighted by atomic mass is 9.82. The van der Waals surface area contributed by atoms with Gasteiger partial charge in [-0.2, -0.15) is 0 Å². The number of imidazole rings is 1. The molecule has 0 aliphatic heterocycles. The second-order valence-electron chi connectivity index (χ2n) is 4.87. The number of rotatable bonds is 3. The number of fused-ring (bicyclic) bond motifs is 1. The zero-order chi connectivity index (χ0) is 12.7. The van der Waals surface area contributed by atoms with E-state index in [9.17, 15) is 15.0 Å². The fourth-order valence-electron chi connectivity index (χ4n) is 2.57. The summed E-state index contributed by atoms with van der Waals surface area (Å²) >= 11 is 0. The van der Waals surface area contributed by atoms with Crippen LogP contribution in [-0.4, -0.2) is 31.8 Å². The van der Waals surface area contributed by atoms with E-state index in [0.29, 0.717) is 17.0 Å². The molecule has 0 amide bonds. The monoisotopic (exact) mass is 246 g/mol. The summed E-state index contributed by atoms with van der Waals surface area (Å²) in [6, 6.07) is 5.11. The Labute approximate surface area is 104 Å². The summed E-state index contributed by atoms with van der Waals surface area (Å²) in [4.78, 5) is 15.4. The summed E-state index contributed by atoms with van der Waals surface area (Å²) in [5, 5.41) is 18.5. The van der Waals surface area contributed by atoms with Gasteiger partial charge in [-0.1, -0.05) is 6.07 Å². The first-order valence-corrected chi connectivity index (χ1v) is 6.00. The highest BCUT2D eigenvalue weighted by Gasteiger charge is 2.28. The maximum Gasteiger partial charge on any atom is 0.337 e. The number of hydrogen-bond donors (Lipinski definition) is 2. The van der Waals surface area contributed by atoms with E-state index in [-0.39, 0.29) is 11.7 Å². The summed E-state index contributed by atoms with van der Waals surface area (Å²) in [5.74, 6) is -0.518. The van der Waals surface area contributed by atoms with Crippen molar-refractivity contribution in [3.8, 4) is 0 Å². The molecule has 0 saturated heterocycles. The summed E-state index contributed by atoms with van der Waals surface area (Å²) in [7, 11) is 0. The minimum atomic E-state index is -0.934. The van der Waals surface area contributed by atoms with Crippen LogP contribution in [0.1, 0.15) is 23.2 Å². The minimum absolute atomic E-state index is 0.191. The lowest BCUT2D eigenvalue weighted by molar-refractivity contribution is 0.0356. The van der Waals surface area contributed by atoms with Gasteiger partial charge in [0.1, 0.15) is 0 Å². The normalized spacial score (nSPS) is 22.9. The van der Waals surface area contributed by atoms with Crippen LogP contribution < -0.4 is 0 Å². The van der Waals surface area contributed by atoms with Crippen LogP contribution >= 0.6 is 0 Å². The van der Waals surface area contributed by atoms with Gasteiger partial charge >= 0.3 is 5.97 Å². The predicted octanol–water partition coefficient (Wildman–Crippen LogP) is 1.51. The van der Waals surface area contributed by atoms with E-state index in [4.69, 9.17) is 0 Å². The number of nitrogens with zero attached hydrogens (tertiary/aromatic N) is 2. The summed E-state index contributed by atoms with van der Waals surface area (Å²) < 4.78 is 1.88. The van der Waals surface area contributed by atoms with E-state index >= 15 is 0 Å². The zero-order valence-electron chi connectivity index (χ0n) is 9.78. The molecule has 2 N–H and O–H groups in total. The lowest BCUT2D eigenvalue weighted by Crippen LogP contribution is -2.31. The predicted molar refractivity (Wildman–Crippen MR) is 65.4 cm³/mol. The minimum Gasteiger partial charge on any atom is -0.478 e. The smallest absolute Gasteiger partial charge is 0.337 e. The third-order valence-electron chi connectivity index (χ3n) is 3.53. The van der Waals surface area contributed by atoms with Gasteiger partial charge in [-0.15, -0.1) is 0 Å². The maximum absolute atomic E-state index is 11.2. The van der Waals surface area contributed by atoms with Gasteiger partial charge in [0.2, 0.25) is 0 Å². The van der Waals surface area contributed by atoms with Crippen LogP contribution in [0.2, 0.25) is 0 Å². The van der Waals surface area contributed by atoms with E-state index in [1.807, 2.05) is 10.6 Å². The molecule has 18 heavy (non-hydrogen) atoms. The van der Waals surface area contributed by atoms with Gasteiger partial charge in [-0.25, -0.2) is 9.78 Å². The Balaban J connectivity index is 1.99. The van der Waals surface area contributed by atoms with Gasteiger partial charge in [0.15, 0.2) is 0 Å². The molecular formula is C13H14N2O3. The SMILES string of the molecule is O=C(O)c1cccc2ncn(CC3CC(O)C3)c12. The van der Waals surface area contributed by atoms with Gasteiger partial charge in [-0.3, -0.25) is 0 Å². The molecule has 0 spiro atoms. The zero-order valence-corrected chi connectivity index (χ0v) is 9.78. The molecule has 94 valence electrons. The Kier molecular flexibility index (Phi) is 2.56. The number of aromatic carboxylic acids is 1. The average molecular weight is 246 g/mol. The van der Waals surface area contributed by atoms with E-state index in [1.165, 1.54) is 0 Å². The standard InChI is InChI=1S/C13H14N2O3/c16-9-4-8(5-9)6-15-7-14-11-3-1-2-10(12(11)15)13(17)18/h1-3,7-9,16H,4-6H2,(H,17,18). The lowest BCUT2D eigenvalue weighted by Gasteiger charge is -2.31. The molecule has 3 rings (SSSR count). The van der Waals surface area contributed by atoms with Gasteiger partial charge in [0.25, 0.3) is 0 Å². The number of carbonyl (C=O) groups is 1. The van der Waals surface area contributed by atoms with E-state index in [0.717, 1.165) is 19.4 Å². The van der Waals surface area contributed by atoms with Crippen molar-refractivity contribution in [2.45, 2.75) is 25.5 Å². The number of carboxylic acids is 1. The molecule has 0 atom stereocenters. The van der Waals surface area contributed by atoms with E-state index in [1.54, 1.807) is 18.5 Å². The molecule has 2 aromatic rings. The highest BCUT2D eigenvalue weighted by Crippen LogP contribution is 2.30. The Bertz CT molecular complexity index is 599. The van der Waals surface area contributed by atoms with Crippen LogP contribution in [0.4, 0.5) is 0 Å². The second-order valence-corrected chi connectivity index (χ2v) is 4.87. The van der Waals surface area contributed by atoms with Crippen LogP contribution in [0, 0.1) is 5.92 Å². The average Bonchev–Trinajstić information content (AvgIpc) is 2.70. The first-order chi connectivity index (χ1) is 8.65. The van der Waals surface area contributed by atoms with Gasteiger partial charge in [-0.05, 0) is 30.9 Å². The Morgan fingerprint density at radius 2 is 2.22 bits per heavy atom. The molecule has 5 heteroatoms. The molecule has 1 saturated carbocycles. The van der Waals surface area contributed by atoms with Crippen molar-refractivity contribution in [2.75, 3.05) is 0 Å². The third kappa shape index (κ3) is 1.76. The van der Waals surface area contributed by atoms with Crippen molar-refractivity contribution >= 4 is 17.0 Å². The van der Waals surface area contributed by atoms with Crippen molar-refractivity contribution < 1.29 is 15.0 Å². The van der Waals surface area contributed by atoms with Crippen molar-refractivity contribution in [3.05, 3.63) is 30.1 Å². The molecule has 0 bridgehead atoms. The Morgan fingerprint density at radius 1 is 1.44 bits per heavy atom. The summed E-state index contributed by atoms with van der Waals surface area (Å²) in [6.45, 7) is 0.720. The Morgan fingerprint density at radius 3 is 2.89 bits per heavy atom. The molecule has 5 nitrogen and oxygen atoms in total. The molecular weight excluding hydrogens is 232 g/mol. The highest BCUT2D eigenvalue weighted by atomic mass is 16.4. The van der Waals surface area contributed by atoms with E-state index in [2.05, 4.69) is 4.98 Å². The Hall–Kier alpha value is -1.88. The van der Waals surface area contributed by atoms with Gasteiger partial charge in [0, 0.05) is 6.54 Å². The number of benzene rings is 1. The maximum atomic E-state index is 11.2. The topological polar surface area (TPSA) is 75.3 Å². The second kappa shape index (κ2) is 4.10. The van der Waals surface area contributed by atoms with Gasteiger partial charge < -0.3 is 14.8 Å².